The average molecular weight is 301 g/mol. The van der Waals surface area contributed by atoms with Crippen LogP contribution in [-0.4, -0.2) is 64.2 Å². The van der Waals surface area contributed by atoms with Crippen LogP contribution in [0.3, 0.4) is 0 Å². The van der Waals surface area contributed by atoms with E-state index in [1.54, 1.807) is 6.07 Å². The lowest BCUT2D eigenvalue weighted by atomic mass is 10.3. The third-order valence-electron chi connectivity index (χ3n) is 2.91. The van der Waals surface area contributed by atoms with E-state index in [-0.39, 0.29) is 11.0 Å². The molecule has 0 aliphatic carbocycles. The Morgan fingerprint density at radius 1 is 1.50 bits per heavy atom. The van der Waals surface area contributed by atoms with Gasteiger partial charge in [0.15, 0.2) is 0 Å². The molecule has 20 heavy (non-hydrogen) atoms. The van der Waals surface area contributed by atoms with Crippen LogP contribution in [0.5, 0.6) is 5.88 Å². The average Bonchev–Trinajstić information content (AvgIpc) is 2.46. The molecule has 2 heterocycles. The molecule has 1 aliphatic rings. The number of morpholine rings is 1. The summed E-state index contributed by atoms with van der Waals surface area (Å²) < 4.78 is 35.9. The molecule has 112 valence electrons. The minimum Gasteiger partial charge on any atom is -0.475 e. The van der Waals surface area contributed by atoms with Gasteiger partial charge in [-0.3, -0.25) is 0 Å². The molecular formula is C12H19N3O4S. The van der Waals surface area contributed by atoms with Gasteiger partial charge >= 0.3 is 0 Å². The summed E-state index contributed by atoms with van der Waals surface area (Å²) >= 11 is 0. The number of rotatable bonds is 5. The Balaban J connectivity index is 1.94. The third kappa shape index (κ3) is 3.66. The first kappa shape index (κ1) is 15.2. The van der Waals surface area contributed by atoms with E-state index in [0.29, 0.717) is 19.1 Å². The highest BCUT2D eigenvalue weighted by Gasteiger charge is 2.18. The van der Waals surface area contributed by atoms with Crippen molar-refractivity contribution in [1.82, 2.24) is 14.6 Å². The van der Waals surface area contributed by atoms with Crippen LogP contribution < -0.4 is 10.1 Å². The van der Waals surface area contributed by atoms with Crippen molar-refractivity contribution in [3.63, 3.8) is 0 Å². The summed E-state index contributed by atoms with van der Waals surface area (Å²) in [5.41, 5.74) is 0. The predicted octanol–water partition coefficient (Wildman–Crippen LogP) is -0.301. The van der Waals surface area contributed by atoms with Crippen LogP contribution in [0.4, 0.5) is 0 Å². The zero-order chi connectivity index (χ0) is 14.6. The van der Waals surface area contributed by atoms with Crippen LogP contribution >= 0.6 is 0 Å². The molecule has 1 unspecified atom stereocenters. The zero-order valence-electron chi connectivity index (χ0n) is 11.6. The molecule has 1 aromatic rings. The van der Waals surface area contributed by atoms with Crippen molar-refractivity contribution in [2.45, 2.75) is 11.0 Å². The van der Waals surface area contributed by atoms with Crippen LogP contribution in [0.15, 0.2) is 23.2 Å². The molecule has 0 amide bonds. The van der Waals surface area contributed by atoms with E-state index in [4.69, 9.17) is 9.47 Å². The molecule has 7 nitrogen and oxygen atoms in total. The maximum absolute atomic E-state index is 11.9. The number of sulfonamides is 1. The second-order valence-electron chi connectivity index (χ2n) is 4.63. The topological polar surface area (TPSA) is 80.8 Å². The smallest absolute Gasteiger partial charge is 0.244 e. The molecule has 8 heteroatoms. The van der Waals surface area contributed by atoms with Crippen molar-refractivity contribution in [3.05, 3.63) is 18.3 Å². The van der Waals surface area contributed by atoms with Crippen LogP contribution in [-0.2, 0) is 14.8 Å². The van der Waals surface area contributed by atoms with Crippen molar-refractivity contribution in [1.29, 1.82) is 0 Å². The lowest BCUT2D eigenvalue weighted by molar-refractivity contribution is -0.000760. The number of aromatic nitrogens is 1. The third-order valence-corrected chi connectivity index (χ3v) is 4.71. The van der Waals surface area contributed by atoms with Gasteiger partial charge in [0.2, 0.25) is 15.9 Å². The van der Waals surface area contributed by atoms with Crippen LogP contribution in [0, 0.1) is 0 Å². The Hall–Kier alpha value is -1.22. The molecule has 0 aromatic carbocycles. The highest BCUT2D eigenvalue weighted by molar-refractivity contribution is 7.89. The molecule has 1 aromatic heterocycles. The standard InChI is InChI=1S/C12H19N3O4S/c1-15(2)20(16,17)11-3-4-12(14-8-11)19-9-10-7-13-5-6-18-10/h3-4,8,10,13H,5-7,9H2,1-2H3. The molecule has 1 N–H and O–H groups in total. The SMILES string of the molecule is CN(C)S(=O)(=O)c1ccc(OCC2CNCCO2)nc1. The van der Waals surface area contributed by atoms with Gasteiger partial charge in [0.05, 0.1) is 12.8 Å². The van der Waals surface area contributed by atoms with Gasteiger partial charge in [-0.15, -0.1) is 0 Å². The van der Waals surface area contributed by atoms with Gasteiger partial charge in [0.1, 0.15) is 17.6 Å². The fourth-order valence-electron chi connectivity index (χ4n) is 1.72. The van der Waals surface area contributed by atoms with Crippen molar-refractivity contribution in [2.75, 3.05) is 40.4 Å². The molecule has 0 saturated carbocycles. The Morgan fingerprint density at radius 3 is 2.85 bits per heavy atom. The van der Waals surface area contributed by atoms with E-state index in [9.17, 15) is 8.42 Å². The summed E-state index contributed by atoms with van der Waals surface area (Å²) in [6.45, 7) is 2.65. The summed E-state index contributed by atoms with van der Waals surface area (Å²) in [5.74, 6) is 0.386. The molecule has 1 saturated heterocycles. The summed E-state index contributed by atoms with van der Waals surface area (Å²) in [5, 5.41) is 3.20. The Morgan fingerprint density at radius 2 is 2.30 bits per heavy atom. The number of ether oxygens (including phenoxy) is 2. The molecule has 1 fully saturated rings. The number of nitrogens with zero attached hydrogens (tertiary/aromatic N) is 2. The maximum atomic E-state index is 11.9. The summed E-state index contributed by atoms with van der Waals surface area (Å²) in [7, 11) is -0.490. The summed E-state index contributed by atoms with van der Waals surface area (Å²) in [6.07, 6.45) is 1.29. The Bertz CT molecular complexity index is 524. The van der Waals surface area contributed by atoms with E-state index in [0.717, 1.165) is 17.4 Å². The number of nitrogens with one attached hydrogen (secondary N) is 1. The van der Waals surface area contributed by atoms with Gasteiger partial charge in [0, 0.05) is 33.3 Å². The molecule has 2 rings (SSSR count). The molecule has 1 aliphatic heterocycles. The molecule has 0 spiro atoms. The lowest BCUT2D eigenvalue weighted by Crippen LogP contribution is -2.41. The fraction of sp³-hybridized carbons (Fsp3) is 0.583. The predicted molar refractivity (Wildman–Crippen MR) is 73.2 cm³/mol. The van der Waals surface area contributed by atoms with E-state index < -0.39 is 10.0 Å². The first-order valence-electron chi connectivity index (χ1n) is 6.34. The Kier molecular flexibility index (Phi) is 4.92. The van der Waals surface area contributed by atoms with Crippen LogP contribution in [0.2, 0.25) is 0 Å². The van der Waals surface area contributed by atoms with Crippen molar-refractivity contribution >= 4 is 10.0 Å². The van der Waals surface area contributed by atoms with Gasteiger partial charge in [0.25, 0.3) is 0 Å². The fourth-order valence-corrected chi connectivity index (χ4v) is 2.57. The molecule has 0 radical (unpaired) electrons. The molecule has 1 atom stereocenters. The summed E-state index contributed by atoms with van der Waals surface area (Å²) in [4.78, 5) is 4.15. The lowest BCUT2D eigenvalue weighted by Gasteiger charge is -2.23. The first-order chi connectivity index (χ1) is 9.50. The normalized spacial score (nSPS) is 20.1. The Labute approximate surface area is 118 Å². The maximum Gasteiger partial charge on any atom is 0.244 e. The second-order valence-corrected chi connectivity index (χ2v) is 6.78. The number of pyridine rings is 1. The molecular weight excluding hydrogens is 282 g/mol. The zero-order valence-corrected chi connectivity index (χ0v) is 12.4. The van der Waals surface area contributed by atoms with Gasteiger partial charge in [-0.2, -0.15) is 0 Å². The highest BCUT2D eigenvalue weighted by atomic mass is 32.2. The van der Waals surface area contributed by atoms with Crippen molar-refractivity contribution in [3.8, 4) is 5.88 Å². The van der Waals surface area contributed by atoms with Crippen molar-refractivity contribution in [2.24, 2.45) is 0 Å². The summed E-state index contributed by atoms with van der Waals surface area (Å²) in [6, 6.07) is 3.03. The number of hydrogen-bond donors (Lipinski definition) is 1. The largest absolute Gasteiger partial charge is 0.475 e. The molecule has 0 bridgehead atoms. The van der Waals surface area contributed by atoms with E-state index >= 15 is 0 Å². The van der Waals surface area contributed by atoms with Crippen LogP contribution in [0.1, 0.15) is 0 Å². The quantitative estimate of drug-likeness (QED) is 0.804. The minimum atomic E-state index is -3.45. The van der Waals surface area contributed by atoms with Gasteiger partial charge in [-0.1, -0.05) is 0 Å². The van der Waals surface area contributed by atoms with Gasteiger partial charge in [-0.05, 0) is 6.07 Å². The van der Waals surface area contributed by atoms with Crippen LogP contribution in [0.25, 0.3) is 0 Å². The first-order valence-corrected chi connectivity index (χ1v) is 7.78. The van der Waals surface area contributed by atoms with E-state index in [1.807, 2.05) is 0 Å². The van der Waals surface area contributed by atoms with E-state index in [2.05, 4.69) is 10.3 Å². The highest BCUT2D eigenvalue weighted by Crippen LogP contribution is 2.15. The second kappa shape index (κ2) is 6.49. The van der Waals surface area contributed by atoms with Gasteiger partial charge in [-0.25, -0.2) is 17.7 Å². The number of hydrogen-bond acceptors (Lipinski definition) is 6. The van der Waals surface area contributed by atoms with E-state index in [1.165, 1.54) is 26.4 Å². The monoisotopic (exact) mass is 301 g/mol. The minimum absolute atomic E-state index is 0.00395. The van der Waals surface area contributed by atoms with Gasteiger partial charge < -0.3 is 14.8 Å². The van der Waals surface area contributed by atoms with Crippen molar-refractivity contribution < 1.29 is 17.9 Å².